The lowest BCUT2D eigenvalue weighted by Gasteiger charge is -2.35. The number of aromatic nitrogens is 1. The Kier molecular flexibility index (Phi) is 8.69. The topological polar surface area (TPSA) is 71.7 Å². The predicted molar refractivity (Wildman–Crippen MR) is 116 cm³/mol. The summed E-state index contributed by atoms with van der Waals surface area (Å²) < 4.78 is 5.20. The smallest absolute Gasteiger partial charge is 0.239 e. The maximum atomic E-state index is 12.3. The quantitative estimate of drug-likeness (QED) is 0.739. The summed E-state index contributed by atoms with van der Waals surface area (Å²) in [6.45, 7) is 6.08. The molecule has 8 heteroatoms. The number of carbonyl (C=O) groups is 1. The molecule has 2 N–H and O–H groups in total. The van der Waals surface area contributed by atoms with Gasteiger partial charge < -0.3 is 15.4 Å². The summed E-state index contributed by atoms with van der Waals surface area (Å²) in [6, 6.07) is 7.62. The molecule has 1 unspecified atom stereocenters. The minimum Gasteiger partial charge on any atom is -0.497 e. The first-order valence-electron chi connectivity index (χ1n) is 9.46. The number of nitrogens with zero attached hydrogens (tertiary/aromatic N) is 3. The zero-order valence-electron chi connectivity index (χ0n) is 16.5. The zero-order chi connectivity index (χ0) is 19.2. The minimum atomic E-state index is -0.354. The highest BCUT2D eigenvalue weighted by Gasteiger charge is 2.25. The first-order chi connectivity index (χ1) is 13.1. The Morgan fingerprint density at radius 2 is 1.93 bits per heavy atom. The third-order valence-electron chi connectivity index (χ3n) is 4.88. The van der Waals surface area contributed by atoms with Gasteiger partial charge in [0.25, 0.3) is 0 Å². The fourth-order valence-electron chi connectivity index (χ4n) is 3.27. The van der Waals surface area contributed by atoms with Gasteiger partial charge in [0.15, 0.2) is 0 Å². The van der Waals surface area contributed by atoms with Crippen molar-refractivity contribution in [3.8, 4) is 16.3 Å². The third-order valence-corrected chi connectivity index (χ3v) is 5.82. The Morgan fingerprint density at radius 1 is 1.25 bits per heavy atom. The lowest BCUT2D eigenvalue weighted by Crippen LogP contribution is -2.52. The number of piperazine rings is 1. The minimum absolute atomic E-state index is 0. The Labute approximate surface area is 177 Å². The van der Waals surface area contributed by atoms with E-state index in [1.807, 2.05) is 29.2 Å². The van der Waals surface area contributed by atoms with Gasteiger partial charge in [0.05, 0.1) is 18.8 Å². The van der Waals surface area contributed by atoms with Crippen molar-refractivity contribution in [2.24, 2.45) is 5.73 Å². The number of benzene rings is 1. The normalized spacial score (nSPS) is 15.8. The third kappa shape index (κ3) is 5.67. The maximum absolute atomic E-state index is 12.3. The van der Waals surface area contributed by atoms with Crippen LogP contribution >= 0.6 is 23.7 Å². The van der Waals surface area contributed by atoms with Gasteiger partial charge in [-0.25, -0.2) is 4.98 Å². The summed E-state index contributed by atoms with van der Waals surface area (Å²) >= 11 is 1.66. The van der Waals surface area contributed by atoms with Crippen LogP contribution < -0.4 is 10.5 Å². The molecule has 1 amide bonds. The first kappa shape index (κ1) is 22.6. The van der Waals surface area contributed by atoms with Crippen LogP contribution in [0.2, 0.25) is 0 Å². The lowest BCUT2D eigenvalue weighted by molar-refractivity contribution is -0.134. The van der Waals surface area contributed by atoms with Gasteiger partial charge in [0, 0.05) is 43.7 Å². The van der Waals surface area contributed by atoms with Crippen LogP contribution in [0.3, 0.4) is 0 Å². The number of thiazole rings is 1. The molecule has 0 spiro atoms. The van der Waals surface area contributed by atoms with E-state index in [0.29, 0.717) is 0 Å². The predicted octanol–water partition coefficient (Wildman–Crippen LogP) is 3.01. The van der Waals surface area contributed by atoms with E-state index in [2.05, 4.69) is 17.2 Å². The first-order valence-corrected chi connectivity index (χ1v) is 10.3. The highest BCUT2D eigenvalue weighted by atomic mass is 35.5. The molecule has 1 fully saturated rings. The van der Waals surface area contributed by atoms with Crippen molar-refractivity contribution in [3.63, 3.8) is 0 Å². The second-order valence-corrected chi connectivity index (χ2v) is 7.73. The fraction of sp³-hybridized carbons (Fsp3) is 0.500. The van der Waals surface area contributed by atoms with E-state index >= 15 is 0 Å². The molecule has 1 aliphatic rings. The van der Waals surface area contributed by atoms with Crippen LogP contribution in [0.1, 0.15) is 25.5 Å². The van der Waals surface area contributed by atoms with Gasteiger partial charge in [-0.1, -0.05) is 13.3 Å². The summed E-state index contributed by atoms with van der Waals surface area (Å²) in [6.07, 6.45) is 1.69. The molecule has 0 bridgehead atoms. The van der Waals surface area contributed by atoms with Gasteiger partial charge in [-0.05, 0) is 30.7 Å². The molecule has 1 saturated heterocycles. The van der Waals surface area contributed by atoms with E-state index in [4.69, 9.17) is 15.5 Å². The van der Waals surface area contributed by atoms with Crippen LogP contribution in [-0.4, -0.2) is 60.0 Å². The van der Waals surface area contributed by atoms with Gasteiger partial charge in [0.1, 0.15) is 10.8 Å². The molecule has 1 aromatic carbocycles. The molecule has 0 radical (unpaired) electrons. The van der Waals surface area contributed by atoms with E-state index in [-0.39, 0.29) is 24.4 Å². The average molecular weight is 425 g/mol. The largest absolute Gasteiger partial charge is 0.497 e. The van der Waals surface area contributed by atoms with Gasteiger partial charge >= 0.3 is 0 Å². The molecule has 1 aromatic heterocycles. The van der Waals surface area contributed by atoms with Crippen molar-refractivity contribution in [3.05, 3.63) is 35.3 Å². The number of carbonyl (C=O) groups excluding carboxylic acids is 1. The molecule has 154 valence electrons. The molecule has 3 rings (SSSR count). The molecule has 2 aromatic rings. The zero-order valence-corrected chi connectivity index (χ0v) is 18.1. The second-order valence-electron chi connectivity index (χ2n) is 6.87. The van der Waals surface area contributed by atoms with Crippen LogP contribution in [0, 0.1) is 0 Å². The van der Waals surface area contributed by atoms with E-state index in [9.17, 15) is 4.79 Å². The van der Waals surface area contributed by atoms with Crippen molar-refractivity contribution >= 4 is 29.7 Å². The van der Waals surface area contributed by atoms with Gasteiger partial charge in [-0.2, -0.15) is 0 Å². The molecule has 1 aliphatic heterocycles. The van der Waals surface area contributed by atoms with E-state index in [1.165, 1.54) is 0 Å². The highest BCUT2D eigenvalue weighted by Crippen LogP contribution is 2.26. The van der Waals surface area contributed by atoms with Crippen LogP contribution in [-0.2, 0) is 11.3 Å². The number of nitrogens with two attached hydrogens (primary N) is 1. The molecule has 0 aliphatic carbocycles. The molecular formula is C20H29ClN4O2S. The van der Waals surface area contributed by atoms with Crippen LogP contribution in [0.25, 0.3) is 10.6 Å². The number of ether oxygens (including phenoxy) is 1. The second kappa shape index (κ2) is 10.8. The van der Waals surface area contributed by atoms with Crippen molar-refractivity contribution in [1.82, 2.24) is 14.8 Å². The van der Waals surface area contributed by atoms with Gasteiger partial charge in [-0.3, -0.25) is 9.69 Å². The Balaban J connectivity index is 0.00000280. The molecule has 2 heterocycles. The molecular weight excluding hydrogens is 396 g/mol. The van der Waals surface area contributed by atoms with Crippen molar-refractivity contribution in [1.29, 1.82) is 0 Å². The number of hydrogen-bond acceptors (Lipinski definition) is 6. The number of rotatable bonds is 7. The Bertz CT molecular complexity index is 745. The Morgan fingerprint density at radius 3 is 2.54 bits per heavy atom. The van der Waals surface area contributed by atoms with Crippen molar-refractivity contribution in [2.75, 3.05) is 33.3 Å². The monoisotopic (exact) mass is 424 g/mol. The number of halogens is 1. The molecule has 6 nitrogen and oxygen atoms in total. The molecule has 0 saturated carbocycles. The summed E-state index contributed by atoms with van der Waals surface area (Å²) in [7, 11) is 1.67. The summed E-state index contributed by atoms with van der Waals surface area (Å²) in [4.78, 5) is 21.3. The van der Waals surface area contributed by atoms with Crippen molar-refractivity contribution in [2.45, 2.75) is 32.4 Å². The number of methoxy groups -OCH3 is 1. The highest BCUT2D eigenvalue weighted by molar-refractivity contribution is 7.13. The fourth-order valence-corrected chi connectivity index (χ4v) is 4.09. The van der Waals surface area contributed by atoms with Crippen LogP contribution in [0.15, 0.2) is 29.6 Å². The number of hydrogen-bond donors (Lipinski definition) is 1. The van der Waals surface area contributed by atoms with E-state index in [1.54, 1.807) is 18.4 Å². The van der Waals surface area contributed by atoms with Gasteiger partial charge in [-0.15, -0.1) is 23.7 Å². The maximum Gasteiger partial charge on any atom is 0.239 e. The van der Waals surface area contributed by atoms with E-state index < -0.39 is 0 Å². The summed E-state index contributed by atoms with van der Waals surface area (Å²) in [5.74, 6) is 0.938. The van der Waals surface area contributed by atoms with Crippen LogP contribution in [0.5, 0.6) is 5.75 Å². The average Bonchev–Trinajstić information content (AvgIpc) is 3.17. The molecule has 1 atom stereocenters. The van der Waals surface area contributed by atoms with Crippen LogP contribution in [0.4, 0.5) is 0 Å². The van der Waals surface area contributed by atoms with E-state index in [0.717, 1.165) is 67.6 Å². The summed E-state index contributed by atoms with van der Waals surface area (Å²) in [5.41, 5.74) is 8.15. The number of amides is 1. The lowest BCUT2D eigenvalue weighted by atomic mass is 10.1. The standard InChI is InChI=1S/C20H28N4O2S.ClH/c1-3-4-18(21)20(25)24-11-9-23(10-12-24)13-16-14-27-19(22-16)15-5-7-17(26-2)8-6-15;/h5-8,14,18H,3-4,9-13,21H2,1-2H3;1H. The van der Waals surface area contributed by atoms with Gasteiger partial charge in [0.2, 0.25) is 5.91 Å². The Hall–Kier alpha value is -1.67. The SMILES string of the molecule is CCCC(N)C(=O)N1CCN(Cc2csc(-c3ccc(OC)cc3)n2)CC1.Cl. The summed E-state index contributed by atoms with van der Waals surface area (Å²) in [5, 5.41) is 3.14. The molecule has 28 heavy (non-hydrogen) atoms. The van der Waals surface area contributed by atoms with Crippen molar-refractivity contribution < 1.29 is 9.53 Å².